The van der Waals surface area contributed by atoms with Crippen LogP contribution in [0.15, 0.2) is 35.5 Å². The van der Waals surface area contributed by atoms with Crippen molar-refractivity contribution >= 4 is 11.7 Å². The maximum atomic E-state index is 11.9. The summed E-state index contributed by atoms with van der Waals surface area (Å²) in [6.45, 7) is 0.330. The summed E-state index contributed by atoms with van der Waals surface area (Å²) >= 11 is 0. The molecule has 1 aromatic rings. The lowest BCUT2D eigenvalue weighted by Crippen LogP contribution is -2.42. The van der Waals surface area contributed by atoms with Gasteiger partial charge >= 0.3 is 0 Å². The number of nitrogens with one attached hydrogen (secondary N) is 1. The molecule has 114 valence electrons. The zero-order valence-corrected chi connectivity index (χ0v) is 11.9. The maximum absolute atomic E-state index is 11.9. The van der Waals surface area contributed by atoms with Crippen LogP contribution in [0.1, 0.15) is 25.7 Å². The predicted octanol–water partition coefficient (Wildman–Crippen LogP) is 1.49. The first kappa shape index (κ1) is 15.2. The van der Waals surface area contributed by atoms with Crippen molar-refractivity contribution in [2.45, 2.75) is 31.7 Å². The van der Waals surface area contributed by atoms with E-state index >= 15 is 0 Å². The first-order valence-corrected chi connectivity index (χ1v) is 7.15. The fraction of sp³-hybridized carbons (Fsp3) is 0.467. The molecule has 1 aromatic carbocycles. The molecule has 0 bridgehead atoms. The van der Waals surface area contributed by atoms with Crippen LogP contribution in [0.25, 0.3) is 0 Å². The highest BCUT2D eigenvalue weighted by atomic mass is 16.5. The van der Waals surface area contributed by atoms with Crippen LogP contribution in [0, 0.1) is 5.92 Å². The lowest BCUT2D eigenvalue weighted by atomic mass is 10.0. The molecule has 6 nitrogen and oxygen atoms in total. The van der Waals surface area contributed by atoms with E-state index < -0.39 is 0 Å². The highest BCUT2D eigenvalue weighted by molar-refractivity contribution is 5.84. The van der Waals surface area contributed by atoms with E-state index in [0.29, 0.717) is 6.61 Å². The molecular formula is C15H21N3O3. The monoisotopic (exact) mass is 291 g/mol. The summed E-state index contributed by atoms with van der Waals surface area (Å²) in [5.41, 5.74) is 5.64. The van der Waals surface area contributed by atoms with E-state index in [1.165, 1.54) is 0 Å². The third-order valence-electron chi connectivity index (χ3n) is 3.70. The van der Waals surface area contributed by atoms with Gasteiger partial charge in [0.2, 0.25) is 5.91 Å². The van der Waals surface area contributed by atoms with E-state index in [0.717, 1.165) is 25.0 Å². The highest BCUT2D eigenvalue weighted by Gasteiger charge is 2.31. The normalized spacial score (nSPS) is 22.0. The molecule has 0 aliphatic heterocycles. The zero-order chi connectivity index (χ0) is 15.1. The van der Waals surface area contributed by atoms with Crippen LogP contribution >= 0.6 is 0 Å². The summed E-state index contributed by atoms with van der Waals surface area (Å²) in [6.07, 6.45) is 2.94. The third kappa shape index (κ3) is 4.37. The van der Waals surface area contributed by atoms with Gasteiger partial charge < -0.3 is 21.0 Å². The van der Waals surface area contributed by atoms with Crippen LogP contribution in [0.4, 0.5) is 0 Å². The van der Waals surface area contributed by atoms with E-state index in [1.807, 2.05) is 30.3 Å². The minimum absolute atomic E-state index is 0.0508. The van der Waals surface area contributed by atoms with Gasteiger partial charge in [0.15, 0.2) is 0 Å². The number of hydrogen-bond donors (Lipinski definition) is 3. The molecular weight excluding hydrogens is 270 g/mol. The van der Waals surface area contributed by atoms with Gasteiger partial charge in [-0.15, -0.1) is 0 Å². The van der Waals surface area contributed by atoms with Crippen molar-refractivity contribution < 1.29 is 14.7 Å². The van der Waals surface area contributed by atoms with Crippen LogP contribution in [0.5, 0.6) is 5.75 Å². The molecule has 0 aromatic heterocycles. The van der Waals surface area contributed by atoms with Gasteiger partial charge in [-0.2, -0.15) is 0 Å². The van der Waals surface area contributed by atoms with Crippen LogP contribution < -0.4 is 15.8 Å². The fourth-order valence-corrected chi connectivity index (χ4v) is 2.62. The average molecular weight is 291 g/mol. The number of amidine groups is 1. The van der Waals surface area contributed by atoms with Crippen molar-refractivity contribution in [3.05, 3.63) is 30.3 Å². The average Bonchev–Trinajstić information content (AvgIpc) is 2.95. The molecule has 2 rings (SSSR count). The second-order valence-corrected chi connectivity index (χ2v) is 5.15. The first-order chi connectivity index (χ1) is 10.2. The van der Waals surface area contributed by atoms with Crippen molar-refractivity contribution in [1.82, 2.24) is 5.32 Å². The molecule has 1 saturated carbocycles. The van der Waals surface area contributed by atoms with Gasteiger partial charge in [-0.3, -0.25) is 4.79 Å². The number of hydrogen-bond acceptors (Lipinski definition) is 4. The van der Waals surface area contributed by atoms with Gasteiger partial charge in [-0.05, 0) is 25.0 Å². The molecule has 0 saturated heterocycles. The Kier molecular flexibility index (Phi) is 5.43. The molecule has 1 fully saturated rings. The number of carbonyl (C=O) groups is 1. The number of oxime groups is 1. The number of amides is 1. The van der Waals surface area contributed by atoms with E-state index in [1.54, 1.807) is 0 Å². The van der Waals surface area contributed by atoms with Gasteiger partial charge in [-0.25, -0.2) is 0 Å². The zero-order valence-electron chi connectivity index (χ0n) is 11.9. The minimum Gasteiger partial charge on any atom is -0.493 e. The molecule has 0 heterocycles. The Morgan fingerprint density at radius 2 is 2.14 bits per heavy atom. The van der Waals surface area contributed by atoms with Crippen molar-refractivity contribution in [1.29, 1.82) is 0 Å². The molecule has 2 atom stereocenters. The van der Waals surface area contributed by atoms with Crippen molar-refractivity contribution in [2.75, 3.05) is 6.61 Å². The van der Waals surface area contributed by atoms with Crippen LogP contribution in [0.2, 0.25) is 0 Å². The Bertz CT molecular complexity index is 490. The molecule has 4 N–H and O–H groups in total. The third-order valence-corrected chi connectivity index (χ3v) is 3.70. The largest absolute Gasteiger partial charge is 0.493 e. The first-order valence-electron chi connectivity index (χ1n) is 7.15. The van der Waals surface area contributed by atoms with Crippen LogP contribution in [-0.4, -0.2) is 29.6 Å². The number of nitrogens with two attached hydrogens (primary N) is 1. The van der Waals surface area contributed by atoms with Crippen LogP contribution in [0.3, 0.4) is 0 Å². The molecule has 1 aliphatic rings. The SMILES string of the molecule is NC(=NO)C1CCCC1NC(=O)CCOc1ccccc1. The van der Waals surface area contributed by atoms with Gasteiger partial charge in [0.1, 0.15) is 11.6 Å². The Labute approximate surface area is 124 Å². The topological polar surface area (TPSA) is 96.9 Å². The van der Waals surface area contributed by atoms with Gasteiger partial charge in [0.05, 0.1) is 13.0 Å². The van der Waals surface area contributed by atoms with Crippen molar-refractivity contribution in [3.63, 3.8) is 0 Å². The van der Waals surface area contributed by atoms with E-state index in [-0.39, 0.29) is 30.1 Å². The standard InChI is InChI=1S/C15H21N3O3/c16-15(18-20)12-7-4-8-13(12)17-14(19)9-10-21-11-5-2-1-3-6-11/h1-3,5-6,12-13,20H,4,7-10H2,(H2,16,18)(H,17,19). The lowest BCUT2D eigenvalue weighted by molar-refractivity contribution is -0.122. The second-order valence-electron chi connectivity index (χ2n) is 5.15. The highest BCUT2D eigenvalue weighted by Crippen LogP contribution is 2.25. The van der Waals surface area contributed by atoms with E-state index in [2.05, 4.69) is 10.5 Å². The summed E-state index contributed by atoms with van der Waals surface area (Å²) in [4.78, 5) is 11.9. The summed E-state index contributed by atoms with van der Waals surface area (Å²) in [6, 6.07) is 9.33. The van der Waals surface area contributed by atoms with E-state index in [4.69, 9.17) is 15.7 Å². The number of ether oxygens (including phenoxy) is 1. The number of carbonyl (C=O) groups excluding carboxylic acids is 1. The van der Waals surface area contributed by atoms with Gasteiger partial charge in [0.25, 0.3) is 0 Å². The van der Waals surface area contributed by atoms with Crippen molar-refractivity contribution in [2.24, 2.45) is 16.8 Å². The number of para-hydroxylation sites is 1. The minimum atomic E-state index is -0.0754. The molecule has 1 aliphatic carbocycles. The second kappa shape index (κ2) is 7.52. The summed E-state index contributed by atoms with van der Waals surface area (Å²) < 4.78 is 5.49. The lowest BCUT2D eigenvalue weighted by Gasteiger charge is -2.19. The number of benzene rings is 1. The number of rotatable bonds is 6. The summed E-state index contributed by atoms with van der Waals surface area (Å²) in [5, 5.41) is 14.7. The molecule has 0 radical (unpaired) electrons. The Morgan fingerprint density at radius 3 is 2.86 bits per heavy atom. The smallest absolute Gasteiger partial charge is 0.223 e. The summed E-state index contributed by atoms with van der Waals surface area (Å²) in [5.74, 6) is 0.793. The Morgan fingerprint density at radius 1 is 1.38 bits per heavy atom. The molecule has 2 unspecified atom stereocenters. The maximum Gasteiger partial charge on any atom is 0.223 e. The summed E-state index contributed by atoms with van der Waals surface area (Å²) in [7, 11) is 0. The fourth-order valence-electron chi connectivity index (χ4n) is 2.62. The van der Waals surface area contributed by atoms with Gasteiger partial charge in [-0.1, -0.05) is 29.8 Å². The quantitative estimate of drug-likeness (QED) is 0.320. The molecule has 1 amide bonds. The molecule has 21 heavy (non-hydrogen) atoms. The number of nitrogens with zero attached hydrogens (tertiary/aromatic N) is 1. The van der Waals surface area contributed by atoms with Gasteiger partial charge in [0, 0.05) is 12.0 Å². The molecule has 0 spiro atoms. The Hall–Kier alpha value is -2.24. The molecule has 6 heteroatoms. The Balaban J connectivity index is 1.74. The van der Waals surface area contributed by atoms with Crippen molar-refractivity contribution in [3.8, 4) is 5.75 Å². The predicted molar refractivity (Wildman–Crippen MR) is 79.2 cm³/mol. The van der Waals surface area contributed by atoms with Crippen LogP contribution in [-0.2, 0) is 4.79 Å². The van der Waals surface area contributed by atoms with E-state index in [9.17, 15) is 4.79 Å².